The number of phenols is 2. The maximum absolute atomic E-state index is 13.0. The molecule has 0 bridgehead atoms. The summed E-state index contributed by atoms with van der Waals surface area (Å²) in [7, 11) is 1.61. The van der Waals surface area contributed by atoms with Gasteiger partial charge in [0.25, 0.3) is 11.5 Å². The molecule has 1 aromatic heterocycles. The molecule has 10 heteroatoms. The van der Waals surface area contributed by atoms with Crippen LogP contribution in [0.1, 0.15) is 35.2 Å². The Hall–Kier alpha value is -4.34. The first kappa shape index (κ1) is 24.8. The van der Waals surface area contributed by atoms with E-state index < -0.39 is 29.4 Å². The number of hydrogen-bond acceptors (Lipinski definition) is 7. The van der Waals surface area contributed by atoms with Crippen molar-refractivity contribution >= 4 is 17.5 Å². The molecule has 4 rings (SSSR count). The molecule has 2 aromatic carbocycles. The summed E-state index contributed by atoms with van der Waals surface area (Å²) < 4.78 is 1.31. The topological polar surface area (TPSA) is 151 Å². The number of anilines is 1. The summed E-state index contributed by atoms with van der Waals surface area (Å²) in [5, 5.41) is 26.5. The number of amides is 2. The van der Waals surface area contributed by atoms with E-state index >= 15 is 0 Å². The number of carbonyl (C=O) groups excluding carboxylic acids is 2. The number of nitrogens with one attached hydrogen (secondary N) is 1. The van der Waals surface area contributed by atoms with Crippen LogP contribution in [-0.4, -0.2) is 50.9 Å². The number of carbonyl (C=O) groups is 2. The van der Waals surface area contributed by atoms with Gasteiger partial charge in [-0.25, -0.2) is 4.68 Å². The standard InChI is InChI=1S/C26H29N5O5/c1-30-26(36)22(19(15-28-30)31-12-3-2-4-13-31)17-10-8-16(9-11-17)14-18(24(27)34)29-25(35)23-20(32)6-5-7-21(23)33/h5-11,15,18,32-33H,2-4,12-14H2,1H3,(H2,27,34)(H,29,35)/t18-/m0/s1. The fourth-order valence-corrected chi connectivity index (χ4v) is 4.43. The van der Waals surface area contributed by atoms with E-state index in [-0.39, 0.29) is 17.5 Å². The molecule has 0 radical (unpaired) electrons. The van der Waals surface area contributed by atoms with Gasteiger partial charge in [0.15, 0.2) is 0 Å². The quantitative estimate of drug-likeness (QED) is 0.392. The van der Waals surface area contributed by atoms with Crippen LogP contribution >= 0.6 is 0 Å². The van der Waals surface area contributed by atoms with Gasteiger partial charge in [-0.3, -0.25) is 14.4 Å². The number of rotatable bonds is 7. The molecule has 0 unspecified atom stereocenters. The average molecular weight is 492 g/mol. The third-order valence-corrected chi connectivity index (χ3v) is 6.39. The lowest BCUT2D eigenvalue weighted by Gasteiger charge is -2.30. The summed E-state index contributed by atoms with van der Waals surface area (Å²) in [4.78, 5) is 39.9. The lowest BCUT2D eigenvalue weighted by Crippen LogP contribution is -2.45. The van der Waals surface area contributed by atoms with E-state index in [0.717, 1.165) is 37.2 Å². The van der Waals surface area contributed by atoms with Crippen LogP contribution in [-0.2, 0) is 18.3 Å². The molecule has 188 valence electrons. The number of primary amides is 1. The number of aromatic hydroxyl groups is 2. The third-order valence-electron chi connectivity index (χ3n) is 6.39. The number of nitrogens with two attached hydrogens (primary N) is 1. The maximum atomic E-state index is 13.0. The number of aryl methyl sites for hydroxylation is 1. The van der Waals surface area contributed by atoms with Gasteiger partial charge in [0, 0.05) is 26.6 Å². The van der Waals surface area contributed by atoms with Gasteiger partial charge in [0.1, 0.15) is 23.1 Å². The molecular weight excluding hydrogens is 462 g/mol. The lowest BCUT2D eigenvalue weighted by atomic mass is 9.99. The Bertz CT molecular complexity index is 1310. The van der Waals surface area contributed by atoms with E-state index in [9.17, 15) is 24.6 Å². The molecule has 10 nitrogen and oxygen atoms in total. The number of piperidine rings is 1. The molecule has 1 aliphatic heterocycles. The zero-order valence-corrected chi connectivity index (χ0v) is 20.0. The van der Waals surface area contributed by atoms with Gasteiger partial charge in [-0.1, -0.05) is 30.3 Å². The van der Waals surface area contributed by atoms with Gasteiger partial charge in [-0.05, 0) is 42.5 Å². The highest BCUT2D eigenvalue weighted by Gasteiger charge is 2.24. The second-order valence-corrected chi connectivity index (χ2v) is 8.88. The van der Waals surface area contributed by atoms with Crippen molar-refractivity contribution in [3.63, 3.8) is 0 Å². The first-order valence-corrected chi connectivity index (χ1v) is 11.8. The summed E-state index contributed by atoms with van der Waals surface area (Å²) in [6, 6.07) is 9.97. The molecule has 36 heavy (non-hydrogen) atoms. The Morgan fingerprint density at radius 1 is 1.06 bits per heavy atom. The Labute approximate surface area is 208 Å². The minimum Gasteiger partial charge on any atom is -0.507 e. The van der Waals surface area contributed by atoms with E-state index in [4.69, 9.17) is 5.73 Å². The molecule has 5 N–H and O–H groups in total. The number of hydrogen-bond donors (Lipinski definition) is 4. The van der Waals surface area contributed by atoms with Gasteiger partial charge in [-0.15, -0.1) is 0 Å². The molecule has 1 fully saturated rings. The monoisotopic (exact) mass is 491 g/mol. The second-order valence-electron chi connectivity index (χ2n) is 8.88. The third kappa shape index (κ3) is 5.17. The van der Waals surface area contributed by atoms with Gasteiger partial charge in [0.2, 0.25) is 5.91 Å². The van der Waals surface area contributed by atoms with Crippen molar-refractivity contribution in [2.45, 2.75) is 31.7 Å². The number of aromatic nitrogens is 2. The maximum Gasteiger partial charge on any atom is 0.276 e. The van der Waals surface area contributed by atoms with Crippen LogP contribution in [0.15, 0.2) is 53.5 Å². The minimum atomic E-state index is -1.08. The Balaban J connectivity index is 1.57. The predicted molar refractivity (Wildman–Crippen MR) is 135 cm³/mol. The molecule has 0 aliphatic carbocycles. The summed E-state index contributed by atoms with van der Waals surface area (Å²) >= 11 is 0. The molecule has 1 atom stereocenters. The Morgan fingerprint density at radius 3 is 2.31 bits per heavy atom. The van der Waals surface area contributed by atoms with E-state index in [2.05, 4.69) is 15.3 Å². The normalized spacial score (nSPS) is 14.3. The van der Waals surface area contributed by atoms with Gasteiger partial charge in [-0.2, -0.15) is 5.10 Å². The van der Waals surface area contributed by atoms with Crippen molar-refractivity contribution in [3.8, 4) is 22.6 Å². The van der Waals surface area contributed by atoms with Crippen molar-refractivity contribution in [2.75, 3.05) is 18.0 Å². The molecular formula is C26H29N5O5. The molecule has 2 amide bonds. The zero-order chi connectivity index (χ0) is 25.8. The van der Waals surface area contributed by atoms with Gasteiger partial charge >= 0.3 is 0 Å². The smallest absolute Gasteiger partial charge is 0.276 e. The van der Waals surface area contributed by atoms with Crippen molar-refractivity contribution < 1.29 is 19.8 Å². The van der Waals surface area contributed by atoms with Crippen LogP contribution in [0.2, 0.25) is 0 Å². The fourth-order valence-electron chi connectivity index (χ4n) is 4.43. The minimum absolute atomic E-state index is 0.0864. The fraction of sp³-hybridized carbons (Fsp3) is 0.308. The molecule has 1 aliphatic rings. The van der Waals surface area contributed by atoms with Crippen LogP contribution in [0, 0.1) is 0 Å². The number of benzene rings is 2. The van der Waals surface area contributed by atoms with Gasteiger partial charge < -0.3 is 26.2 Å². The molecule has 2 heterocycles. The van der Waals surface area contributed by atoms with Crippen LogP contribution in [0.4, 0.5) is 5.69 Å². The van der Waals surface area contributed by atoms with Crippen molar-refractivity contribution in [3.05, 3.63) is 70.1 Å². The summed E-state index contributed by atoms with van der Waals surface area (Å²) in [6.45, 7) is 1.74. The first-order valence-electron chi connectivity index (χ1n) is 11.8. The van der Waals surface area contributed by atoms with Crippen molar-refractivity contribution in [1.29, 1.82) is 0 Å². The van der Waals surface area contributed by atoms with Crippen LogP contribution in [0.3, 0.4) is 0 Å². The number of nitrogens with zero attached hydrogens (tertiary/aromatic N) is 3. The Morgan fingerprint density at radius 2 is 1.69 bits per heavy atom. The molecule has 0 saturated carbocycles. The van der Waals surface area contributed by atoms with Crippen molar-refractivity contribution in [1.82, 2.24) is 15.1 Å². The van der Waals surface area contributed by atoms with E-state index in [1.54, 1.807) is 37.5 Å². The lowest BCUT2D eigenvalue weighted by molar-refractivity contribution is -0.119. The number of phenolic OH excluding ortho intramolecular Hbond substituents is 2. The zero-order valence-electron chi connectivity index (χ0n) is 20.0. The SMILES string of the molecule is Cn1ncc(N2CCCCC2)c(-c2ccc(C[C@H](NC(=O)c3c(O)cccc3O)C(N)=O)cc2)c1=O. The van der Waals surface area contributed by atoms with E-state index in [1.807, 2.05) is 0 Å². The molecule has 1 saturated heterocycles. The van der Waals surface area contributed by atoms with E-state index in [1.165, 1.54) is 29.3 Å². The molecule has 3 aromatic rings. The summed E-state index contributed by atoms with van der Waals surface area (Å²) in [5.41, 5.74) is 7.77. The van der Waals surface area contributed by atoms with Gasteiger partial charge in [0.05, 0.1) is 17.4 Å². The largest absolute Gasteiger partial charge is 0.507 e. The Kier molecular flexibility index (Phi) is 7.23. The van der Waals surface area contributed by atoms with Crippen LogP contribution < -0.4 is 21.5 Å². The predicted octanol–water partition coefficient (Wildman–Crippen LogP) is 1.68. The highest BCUT2D eigenvalue weighted by Crippen LogP contribution is 2.30. The van der Waals surface area contributed by atoms with Crippen molar-refractivity contribution in [2.24, 2.45) is 12.8 Å². The first-order chi connectivity index (χ1) is 17.3. The summed E-state index contributed by atoms with van der Waals surface area (Å²) in [5.74, 6) is -2.41. The highest BCUT2D eigenvalue weighted by molar-refractivity contribution is 6.01. The molecule has 0 spiro atoms. The van der Waals surface area contributed by atoms with E-state index in [0.29, 0.717) is 11.1 Å². The second kappa shape index (κ2) is 10.5. The average Bonchev–Trinajstić information content (AvgIpc) is 2.86. The van der Waals surface area contributed by atoms with Crippen LogP contribution in [0.25, 0.3) is 11.1 Å². The summed E-state index contributed by atoms with van der Waals surface area (Å²) in [6.07, 6.45) is 5.10. The van der Waals surface area contributed by atoms with Crippen LogP contribution in [0.5, 0.6) is 11.5 Å². The highest BCUT2D eigenvalue weighted by atomic mass is 16.3.